The van der Waals surface area contributed by atoms with Crippen molar-refractivity contribution in [2.45, 2.75) is 31.6 Å². The first-order chi connectivity index (χ1) is 13.5. The quantitative estimate of drug-likeness (QED) is 0.794. The minimum atomic E-state index is -1.60. The van der Waals surface area contributed by atoms with Crippen molar-refractivity contribution in [3.05, 3.63) is 71.8 Å². The van der Waals surface area contributed by atoms with Gasteiger partial charge in [-0.3, -0.25) is 0 Å². The molecule has 7 heteroatoms. The molecule has 1 fully saturated rings. The molecule has 0 spiro atoms. The molecule has 1 aliphatic heterocycles. The van der Waals surface area contributed by atoms with Crippen molar-refractivity contribution in [2.24, 2.45) is 5.92 Å². The largest absolute Gasteiger partial charge is 0.459 e. The standard InChI is InChI=1S/C21H21FO6/c1-13-17(22)16(12-26-19(23)14-8-4-2-5-9-14)27-21(25)18(13)28-20(24)15-10-6-3-7-11-15/h2-11,13,16-18,21,25H,12H2,1H3. The maximum absolute atomic E-state index is 14.8. The van der Waals surface area contributed by atoms with E-state index in [-0.39, 0.29) is 12.2 Å². The van der Waals surface area contributed by atoms with Gasteiger partial charge in [0.25, 0.3) is 0 Å². The number of ether oxygens (including phenoxy) is 3. The van der Waals surface area contributed by atoms with E-state index >= 15 is 0 Å². The van der Waals surface area contributed by atoms with Crippen LogP contribution in [-0.4, -0.2) is 48.3 Å². The average molecular weight is 388 g/mol. The molecule has 0 amide bonds. The summed E-state index contributed by atoms with van der Waals surface area (Å²) in [6.45, 7) is 1.14. The van der Waals surface area contributed by atoms with E-state index in [1.165, 1.54) is 6.92 Å². The van der Waals surface area contributed by atoms with Crippen LogP contribution in [0.1, 0.15) is 27.6 Å². The number of esters is 2. The summed E-state index contributed by atoms with van der Waals surface area (Å²) in [6.07, 6.45) is -5.47. The number of carbonyl (C=O) groups is 2. The molecule has 0 aliphatic carbocycles. The Morgan fingerprint density at radius 1 is 1.00 bits per heavy atom. The zero-order chi connectivity index (χ0) is 20.1. The maximum Gasteiger partial charge on any atom is 0.338 e. The van der Waals surface area contributed by atoms with Crippen molar-refractivity contribution in [2.75, 3.05) is 6.61 Å². The van der Waals surface area contributed by atoms with Crippen LogP contribution in [0.3, 0.4) is 0 Å². The molecule has 5 unspecified atom stereocenters. The Hall–Kier alpha value is -2.77. The van der Waals surface area contributed by atoms with E-state index in [0.29, 0.717) is 5.56 Å². The summed E-state index contributed by atoms with van der Waals surface area (Å²) in [5.74, 6) is -2.14. The fourth-order valence-electron chi connectivity index (χ4n) is 2.99. The van der Waals surface area contributed by atoms with Crippen LogP contribution in [0, 0.1) is 5.92 Å². The number of halogens is 1. The van der Waals surface area contributed by atoms with Crippen LogP contribution in [0.2, 0.25) is 0 Å². The molecule has 0 radical (unpaired) electrons. The number of hydrogen-bond donors (Lipinski definition) is 1. The van der Waals surface area contributed by atoms with Crippen LogP contribution in [0.5, 0.6) is 0 Å². The van der Waals surface area contributed by atoms with Gasteiger partial charge in [0.2, 0.25) is 0 Å². The summed E-state index contributed by atoms with van der Waals surface area (Å²) in [6, 6.07) is 16.5. The van der Waals surface area contributed by atoms with Crippen molar-refractivity contribution < 1.29 is 33.3 Å². The van der Waals surface area contributed by atoms with Gasteiger partial charge in [-0.1, -0.05) is 43.3 Å². The molecule has 148 valence electrons. The number of benzene rings is 2. The highest BCUT2D eigenvalue weighted by Gasteiger charge is 2.46. The normalized spacial score (nSPS) is 27.0. The second-order valence-corrected chi connectivity index (χ2v) is 6.57. The molecule has 28 heavy (non-hydrogen) atoms. The summed E-state index contributed by atoms with van der Waals surface area (Å²) in [4.78, 5) is 24.2. The van der Waals surface area contributed by atoms with Crippen LogP contribution in [-0.2, 0) is 14.2 Å². The molecular formula is C21H21FO6. The van der Waals surface area contributed by atoms with Gasteiger partial charge in [0.15, 0.2) is 12.4 Å². The Morgan fingerprint density at radius 3 is 2.11 bits per heavy atom. The maximum atomic E-state index is 14.8. The van der Waals surface area contributed by atoms with E-state index in [4.69, 9.17) is 14.2 Å². The van der Waals surface area contributed by atoms with E-state index in [1.807, 2.05) is 0 Å². The molecule has 0 saturated carbocycles. The molecule has 3 rings (SSSR count). The first kappa shape index (κ1) is 20.0. The smallest absolute Gasteiger partial charge is 0.338 e. The van der Waals surface area contributed by atoms with E-state index in [1.54, 1.807) is 60.7 Å². The van der Waals surface area contributed by atoms with E-state index in [2.05, 4.69) is 0 Å². The number of aliphatic hydroxyl groups is 1. The lowest BCUT2D eigenvalue weighted by Gasteiger charge is -2.39. The van der Waals surface area contributed by atoms with Crippen LogP contribution in [0.15, 0.2) is 60.7 Å². The number of hydrogen-bond acceptors (Lipinski definition) is 6. The van der Waals surface area contributed by atoms with Crippen LogP contribution < -0.4 is 0 Å². The molecule has 1 N–H and O–H groups in total. The summed E-state index contributed by atoms with van der Waals surface area (Å²) in [5, 5.41) is 10.2. The lowest BCUT2D eigenvalue weighted by Crippen LogP contribution is -2.54. The lowest BCUT2D eigenvalue weighted by atomic mass is 9.92. The molecule has 1 saturated heterocycles. The number of carbonyl (C=O) groups excluding carboxylic acids is 2. The number of alkyl halides is 1. The van der Waals surface area contributed by atoms with Gasteiger partial charge in [-0.25, -0.2) is 14.0 Å². The van der Waals surface area contributed by atoms with Crippen molar-refractivity contribution in [3.8, 4) is 0 Å². The summed E-state index contributed by atoms with van der Waals surface area (Å²) in [5.41, 5.74) is 0.619. The Bertz CT molecular complexity index is 795. The fourth-order valence-corrected chi connectivity index (χ4v) is 2.99. The molecule has 0 bridgehead atoms. The van der Waals surface area contributed by atoms with Crippen molar-refractivity contribution in [1.29, 1.82) is 0 Å². The SMILES string of the molecule is CC1C(F)C(COC(=O)c2ccccc2)OC(O)C1OC(=O)c1ccccc1. The molecule has 6 nitrogen and oxygen atoms in total. The van der Waals surface area contributed by atoms with Gasteiger partial charge in [0, 0.05) is 5.92 Å². The average Bonchev–Trinajstić information content (AvgIpc) is 2.73. The van der Waals surface area contributed by atoms with Crippen LogP contribution in [0.4, 0.5) is 4.39 Å². The highest BCUT2D eigenvalue weighted by atomic mass is 19.1. The van der Waals surface area contributed by atoms with Gasteiger partial charge < -0.3 is 19.3 Å². The van der Waals surface area contributed by atoms with E-state index in [0.717, 1.165) is 0 Å². The molecule has 1 aliphatic rings. The molecule has 1 heterocycles. The zero-order valence-corrected chi connectivity index (χ0v) is 15.2. The highest BCUT2D eigenvalue weighted by molar-refractivity contribution is 5.89. The van der Waals surface area contributed by atoms with Gasteiger partial charge in [-0.2, -0.15) is 0 Å². The van der Waals surface area contributed by atoms with Gasteiger partial charge in [-0.15, -0.1) is 0 Å². The molecule has 2 aromatic rings. The minimum Gasteiger partial charge on any atom is -0.459 e. The predicted octanol–water partition coefficient (Wildman–Crippen LogP) is 2.76. The van der Waals surface area contributed by atoms with Gasteiger partial charge >= 0.3 is 11.9 Å². The summed E-state index contributed by atoms with van der Waals surface area (Å²) >= 11 is 0. The van der Waals surface area contributed by atoms with Crippen molar-refractivity contribution in [3.63, 3.8) is 0 Å². The Balaban J connectivity index is 1.58. The fraction of sp³-hybridized carbons (Fsp3) is 0.333. The molecule has 0 aromatic heterocycles. The van der Waals surface area contributed by atoms with Crippen molar-refractivity contribution >= 4 is 11.9 Å². The topological polar surface area (TPSA) is 82.1 Å². The van der Waals surface area contributed by atoms with Crippen LogP contribution >= 0.6 is 0 Å². The first-order valence-corrected chi connectivity index (χ1v) is 8.93. The predicted molar refractivity (Wildman–Crippen MR) is 97.3 cm³/mol. The van der Waals surface area contributed by atoms with Crippen LogP contribution in [0.25, 0.3) is 0 Å². The lowest BCUT2D eigenvalue weighted by molar-refractivity contribution is -0.258. The number of rotatable bonds is 5. The second-order valence-electron chi connectivity index (χ2n) is 6.57. The van der Waals surface area contributed by atoms with Gasteiger partial charge in [0.05, 0.1) is 11.1 Å². The summed E-state index contributed by atoms with van der Waals surface area (Å²) < 4.78 is 30.3. The van der Waals surface area contributed by atoms with Crippen molar-refractivity contribution in [1.82, 2.24) is 0 Å². The Kier molecular flexibility index (Phi) is 6.38. The Morgan fingerprint density at radius 2 is 1.54 bits per heavy atom. The van der Waals surface area contributed by atoms with Gasteiger partial charge in [0.1, 0.15) is 18.9 Å². The first-order valence-electron chi connectivity index (χ1n) is 8.93. The molecular weight excluding hydrogens is 367 g/mol. The third-order valence-electron chi connectivity index (χ3n) is 4.61. The van der Waals surface area contributed by atoms with Gasteiger partial charge in [-0.05, 0) is 24.3 Å². The highest BCUT2D eigenvalue weighted by Crippen LogP contribution is 2.30. The van der Waals surface area contributed by atoms with E-state index < -0.39 is 42.5 Å². The third-order valence-corrected chi connectivity index (χ3v) is 4.61. The third kappa shape index (κ3) is 4.55. The zero-order valence-electron chi connectivity index (χ0n) is 15.2. The number of aliphatic hydroxyl groups excluding tert-OH is 1. The minimum absolute atomic E-state index is 0.288. The molecule has 5 atom stereocenters. The Labute approximate surface area is 161 Å². The molecule has 2 aromatic carbocycles. The monoisotopic (exact) mass is 388 g/mol. The second kappa shape index (κ2) is 8.95. The summed E-state index contributed by atoms with van der Waals surface area (Å²) in [7, 11) is 0. The van der Waals surface area contributed by atoms with E-state index in [9.17, 15) is 19.1 Å².